The Kier molecular flexibility index (Phi) is 5.57. The molecule has 0 rings (SSSR count). The smallest absolute Gasteiger partial charge is 0.00489 e. The van der Waals surface area contributed by atoms with E-state index >= 15 is 0 Å². The number of hydrogen-bond acceptors (Lipinski definition) is 1. The van der Waals surface area contributed by atoms with Gasteiger partial charge in [0.25, 0.3) is 0 Å². The summed E-state index contributed by atoms with van der Waals surface area (Å²) < 4.78 is 0. The fourth-order valence-corrected chi connectivity index (χ4v) is 1.71. The minimum atomic E-state index is 0.680. The van der Waals surface area contributed by atoms with E-state index in [1.54, 1.807) is 0 Å². The van der Waals surface area contributed by atoms with Gasteiger partial charge >= 0.3 is 0 Å². The van der Waals surface area contributed by atoms with Crippen molar-refractivity contribution in [1.29, 1.82) is 0 Å². The van der Waals surface area contributed by atoms with Crippen molar-refractivity contribution in [3.8, 4) is 0 Å². The number of rotatable bonds is 5. The Morgan fingerprint density at radius 2 is 1.55 bits per heavy atom. The van der Waals surface area contributed by atoms with Gasteiger partial charge in [-0.1, -0.05) is 40.5 Å². The third kappa shape index (κ3) is 3.24. The van der Waals surface area contributed by atoms with Gasteiger partial charge in [0.05, 0.1) is 0 Å². The second kappa shape index (κ2) is 5.59. The van der Waals surface area contributed by atoms with Gasteiger partial charge in [-0.15, -0.1) is 0 Å². The number of nitrogens with two attached hydrogens (primary N) is 1. The van der Waals surface area contributed by atoms with Crippen LogP contribution < -0.4 is 5.73 Å². The number of hydrogen-bond donors (Lipinski definition) is 1. The first-order valence-corrected chi connectivity index (χ1v) is 4.87. The molecule has 0 aromatic rings. The van der Waals surface area contributed by atoms with Gasteiger partial charge in [-0.3, -0.25) is 0 Å². The van der Waals surface area contributed by atoms with E-state index in [2.05, 4.69) is 27.7 Å². The highest BCUT2D eigenvalue weighted by molar-refractivity contribution is 4.69. The molecule has 0 aliphatic carbocycles. The Hall–Kier alpha value is -0.0400. The lowest BCUT2D eigenvalue weighted by Gasteiger charge is -2.26. The fraction of sp³-hybridized carbons (Fsp3) is 1.00. The highest BCUT2D eigenvalue weighted by Gasteiger charge is 2.18. The molecular weight excluding hydrogens is 134 g/mol. The maximum Gasteiger partial charge on any atom is -0.00489 e. The Morgan fingerprint density at radius 3 is 1.82 bits per heavy atom. The molecule has 0 bridgehead atoms. The molecule has 0 fully saturated rings. The van der Waals surface area contributed by atoms with E-state index < -0.39 is 0 Å². The summed E-state index contributed by atoms with van der Waals surface area (Å²) in [7, 11) is 0. The lowest BCUT2D eigenvalue weighted by molar-refractivity contribution is 0.253. The molecule has 0 unspecified atom stereocenters. The third-order valence-corrected chi connectivity index (χ3v) is 3.06. The fourth-order valence-electron chi connectivity index (χ4n) is 1.71. The van der Waals surface area contributed by atoms with E-state index in [1.807, 2.05) is 0 Å². The zero-order valence-electron chi connectivity index (χ0n) is 8.43. The van der Waals surface area contributed by atoms with Gasteiger partial charge in [0.1, 0.15) is 0 Å². The first-order valence-electron chi connectivity index (χ1n) is 4.87. The second-order valence-electron chi connectivity index (χ2n) is 3.65. The highest BCUT2D eigenvalue weighted by atomic mass is 14.5. The molecule has 0 aromatic heterocycles. The van der Waals surface area contributed by atoms with Crippen molar-refractivity contribution in [2.45, 2.75) is 40.5 Å². The van der Waals surface area contributed by atoms with Crippen LogP contribution in [0.2, 0.25) is 0 Å². The maximum absolute atomic E-state index is 5.62. The van der Waals surface area contributed by atoms with Crippen LogP contribution >= 0.6 is 0 Å². The summed E-state index contributed by atoms with van der Waals surface area (Å²) in [6.45, 7) is 9.96. The zero-order chi connectivity index (χ0) is 8.85. The van der Waals surface area contributed by atoms with Crippen LogP contribution in [0.15, 0.2) is 0 Å². The molecule has 0 aliphatic heterocycles. The van der Waals surface area contributed by atoms with E-state index in [0.717, 1.165) is 18.4 Å². The maximum atomic E-state index is 5.62. The molecule has 2 atom stereocenters. The average Bonchev–Trinajstić information content (AvgIpc) is 2.05. The van der Waals surface area contributed by atoms with Crippen molar-refractivity contribution >= 4 is 0 Å². The molecule has 1 nitrogen and oxygen atoms in total. The standard InChI is InChI=1S/C10H23N/c1-5-10(6-2)9(4)8(3)7-11/h8-10H,5-7,11H2,1-4H3/t8-,9+/m1/s1. The summed E-state index contributed by atoms with van der Waals surface area (Å²) in [6.07, 6.45) is 2.59. The Bertz CT molecular complexity index is 86.9. The van der Waals surface area contributed by atoms with Crippen LogP contribution in [0.4, 0.5) is 0 Å². The van der Waals surface area contributed by atoms with Crippen LogP contribution in [0, 0.1) is 17.8 Å². The van der Waals surface area contributed by atoms with Gasteiger partial charge in [0.2, 0.25) is 0 Å². The minimum absolute atomic E-state index is 0.680. The molecule has 0 saturated heterocycles. The Labute approximate surface area is 71.4 Å². The predicted molar refractivity (Wildman–Crippen MR) is 51.5 cm³/mol. The van der Waals surface area contributed by atoms with Gasteiger partial charge in [-0.05, 0) is 24.3 Å². The summed E-state index contributed by atoms with van der Waals surface area (Å²) in [5, 5.41) is 0. The van der Waals surface area contributed by atoms with Crippen LogP contribution in [0.5, 0.6) is 0 Å². The van der Waals surface area contributed by atoms with Crippen LogP contribution in [0.25, 0.3) is 0 Å². The molecule has 0 aliphatic rings. The van der Waals surface area contributed by atoms with E-state index in [-0.39, 0.29) is 0 Å². The van der Waals surface area contributed by atoms with Crippen molar-refractivity contribution in [1.82, 2.24) is 0 Å². The molecular formula is C10H23N. The molecule has 68 valence electrons. The molecule has 0 amide bonds. The van der Waals surface area contributed by atoms with Gasteiger partial charge in [-0.25, -0.2) is 0 Å². The summed E-state index contributed by atoms with van der Waals surface area (Å²) in [4.78, 5) is 0. The predicted octanol–water partition coefficient (Wildman–Crippen LogP) is 2.65. The molecule has 0 saturated carbocycles. The van der Waals surface area contributed by atoms with Crippen molar-refractivity contribution in [3.63, 3.8) is 0 Å². The molecule has 0 radical (unpaired) electrons. The van der Waals surface area contributed by atoms with Crippen LogP contribution in [0.1, 0.15) is 40.5 Å². The van der Waals surface area contributed by atoms with Gasteiger partial charge in [0.15, 0.2) is 0 Å². The third-order valence-electron chi connectivity index (χ3n) is 3.06. The van der Waals surface area contributed by atoms with Crippen LogP contribution in [-0.4, -0.2) is 6.54 Å². The first kappa shape index (κ1) is 11.0. The van der Waals surface area contributed by atoms with Crippen molar-refractivity contribution in [3.05, 3.63) is 0 Å². The summed E-state index contributed by atoms with van der Waals surface area (Å²) in [5.41, 5.74) is 5.62. The normalized spacial score (nSPS) is 16.9. The molecule has 11 heavy (non-hydrogen) atoms. The molecule has 2 N–H and O–H groups in total. The van der Waals surface area contributed by atoms with Crippen molar-refractivity contribution in [2.24, 2.45) is 23.5 Å². The Morgan fingerprint density at radius 1 is 1.09 bits per heavy atom. The quantitative estimate of drug-likeness (QED) is 0.652. The Balaban J connectivity index is 3.86. The zero-order valence-corrected chi connectivity index (χ0v) is 8.43. The van der Waals surface area contributed by atoms with E-state index in [4.69, 9.17) is 5.73 Å². The van der Waals surface area contributed by atoms with Crippen molar-refractivity contribution in [2.75, 3.05) is 6.54 Å². The van der Waals surface area contributed by atoms with Crippen LogP contribution in [0.3, 0.4) is 0 Å². The lowest BCUT2D eigenvalue weighted by atomic mass is 9.81. The van der Waals surface area contributed by atoms with Gasteiger partial charge < -0.3 is 5.73 Å². The van der Waals surface area contributed by atoms with E-state index in [1.165, 1.54) is 12.8 Å². The van der Waals surface area contributed by atoms with Crippen LogP contribution in [-0.2, 0) is 0 Å². The SMILES string of the molecule is CCC(CC)[C@@H](C)[C@H](C)CN. The summed E-state index contributed by atoms with van der Waals surface area (Å²) >= 11 is 0. The lowest BCUT2D eigenvalue weighted by Crippen LogP contribution is -2.24. The monoisotopic (exact) mass is 157 g/mol. The first-order chi connectivity index (χ1) is 5.17. The summed E-state index contributed by atoms with van der Waals surface area (Å²) in [6, 6.07) is 0. The van der Waals surface area contributed by atoms with Crippen molar-refractivity contribution < 1.29 is 0 Å². The highest BCUT2D eigenvalue weighted by Crippen LogP contribution is 2.25. The van der Waals surface area contributed by atoms with E-state index in [0.29, 0.717) is 5.92 Å². The van der Waals surface area contributed by atoms with Gasteiger partial charge in [-0.2, -0.15) is 0 Å². The van der Waals surface area contributed by atoms with Gasteiger partial charge in [0, 0.05) is 0 Å². The molecule has 1 heteroatoms. The molecule has 0 spiro atoms. The second-order valence-corrected chi connectivity index (χ2v) is 3.65. The van der Waals surface area contributed by atoms with E-state index in [9.17, 15) is 0 Å². The topological polar surface area (TPSA) is 26.0 Å². The largest absolute Gasteiger partial charge is 0.330 e. The summed E-state index contributed by atoms with van der Waals surface area (Å²) in [5.74, 6) is 2.34. The molecule has 0 heterocycles. The minimum Gasteiger partial charge on any atom is -0.330 e. The average molecular weight is 157 g/mol. The molecule has 0 aromatic carbocycles.